The summed E-state index contributed by atoms with van der Waals surface area (Å²) in [5, 5.41) is 0. The van der Waals surface area contributed by atoms with Gasteiger partial charge in [-0.1, -0.05) is 266 Å². The van der Waals surface area contributed by atoms with Crippen LogP contribution in [0.15, 0.2) is 85.1 Å². The summed E-state index contributed by atoms with van der Waals surface area (Å²) in [7, 11) is 0. The van der Waals surface area contributed by atoms with Gasteiger partial charge < -0.3 is 14.2 Å². The first-order valence-corrected chi connectivity index (χ1v) is 30.7. The lowest BCUT2D eigenvalue weighted by atomic mass is 10.1. The van der Waals surface area contributed by atoms with Gasteiger partial charge in [0.05, 0.1) is 0 Å². The zero-order valence-electron chi connectivity index (χ0n) is 47.4. The van der Waals surface area contributed by atoms with Crippen LogP contribution in [0.3, 0.4) is 0 Å². The lowest BCUT2D eigenvalue weighted by Gasteiger charge is -2.18. The third-order valence-electron chi connectivity index (χ3n) is 13.2. The molecule has 0 aromatic rings. The number of unbranched alkanes of at least 4 members (excludes halogenated alkanes) is 34. The molecule has 414 valence electrons. The molecule has 0 fully saturated rings. The fraction of sp³-hybridized carbons (Fsp3) is 0.742. The average Bonchev–Trinajstić information content (AvgIpc) is 3.38. The minimum atomic E-state index is -0.802. The molecule has 6 nitrogen and oxygen atoms in total. The van der Waals surface area contributed by atoms with Crippen molar-refractivity contribution in [1.82, 2.24) is 0 Å². The molecule has 0 saturated carbocycles. The Morgan fingerprint density at radius 3 is 0.778 bits per heavy atom. The van der Waals surface area contributed by atoms with E-state index in [9.17, 15) is 14.4 Å². The van der Waals surface area contributed by atoms with Crippen molar-refractivity contribution in [3.05, 3.63) is 85.1 Å². The third kappa shape index (κ3) is 57.5. The van der Waals surface area contributed by atoms with Crippen molar-refractivity contribution in [2.45, 2.75) is 303 Å². The Kier molecular flexibility index (Phi) is 57.3. The highest BCUT2D eigenvalue weighted by molar-refractivity contribution is 5.71. The SMILES string of the molecule is CCCCCCC\C=C/C=C\C=C/CCCCCCCC(=O)OCC(COC(=O)CCCCCCC/C=C\C=C/CCCCCCCCC)OC(=O)CCCCCCC/C=C\C=C/CCCCCCCCC. The highest BCUT2D eigenvalue weighted by atomic mass is 16.6. The fourth-order valence-electron chi connectivity index (χ4n) is 8.54. The van der Waals surface area contributed by atoms with E-state index in [-0.39, 0.29) is 31.1 Å². The van der Waals surface area contributed by atoms with E-state index in [0.29, 0.717) is 19.3 Å². The summed E-state index contributed by atoms with van der Waals surface area (Å²) < 4.78 is 16.9. The van der Waals surface area contributed by atoms with Gasteiger partial charge in [-0.15, -0.1) is 0 Å². The monoisotopic (exact) mass is 1000 g/mol. The molecular weight excluding hydrogens is 889 g/mol. The van der Waals surface area contributed by atoms with E-state index in [2.05, 4.69) is 106 Å². The molecule has 1 atom stereocenters. The van der Waals surface area contributed by atoms with E-state index >= 15 is 0 Å². The Bertz CT molecular complexity index is 1380. The van der Waals surface area contributed by atoms with Gasteiger partial charge >= 0.3 is 17.9 Å². The van der Waals surface area contributed by atoms with Crippen molar-refractivity contribution in [3.63, 3.8) is 0 Å². The van der Waals surface area contributed by atoms with Gasteiger partial charge in [0.25, 0.3) is 0 Å². The van der Waals surface area contributed by atoms with Crippen LogP contribution >= 0.6 is 0 Å². The van der Waals surface area contributed by atoms with Crippen LogP contribution in [0.4, 0.5) is 0 Å². The normalized spacial score (nSPS) is 12.7. The molecule has 6 heteroatoms. The average molecular weight is 1000 g/mol. The quantitative estimate of drug-likeness (QED) is 0.0261. The Labute approximate surface area is 445 Å². The molecule has 0 amide bonds. The topological polar surface area (TPSA) is 78.9 Å². The number of carbonyl (C=O) groups excluding carboxylic acids is 3. The van der Waals surface area contributed by atoms with E-state index in [1.54, 1.807) is 0 Å². The second-order valence-electron chi connectivity index (χ2n) is 20.4. The zero-order valence-corrected chi connectivity index (χ0v) is 47.4. The van der Waals surface area contributed by atoms with Gasteiger partial charge in [-0.25, -0.2) is 0 Å². The number of ether oxygens (including phenoxy) is 3. The van der Waals surface area contributed by atoms with Crippen LogP contribution in [0.1, 0.15) is 297 Å². The number of esters is 3. The molecule has 0 aliphatic carbocycles. The maximum absolute atomic E-state index is 12.9. The first-order chi connectivity index (χ1) is 35.5. The highest BCUT2D eigenvalue weighted by Gasteiger charge is 2.19. The summed E-state index contributed by atoms with van der Waals surface area (Å²) in [4.78, 5) is 38.3. The summed E-state index contributed by atoms with van der Waals surface area (Å²) in [6, 6.07) is 0. The summed E-state index contributed by atoms with van der Waals surface area (Å²) >= 11 is 0. The number of hydrogen-bond donors (Lipinski definition) is 0. The lowest BCUT2D eigenvalue weighted by molar-refractivity contribution is -0.167. The third-order valence-corrected chi connectivity index (χ3v) is 13.2. The standard InChI is InChI=1S/C66H114O6/c1-4-7-10-13-16-19-22-25-28-31-34-37-40-43-46-49-52-55-58-64(67)70-61-63(72-66(69)60-57-54-51-48-45-42-39-36-33-30-27-24-21-18-15-12-9-6-3)62-71-65(68)59-56-53-50-47-44-41-38-35-32-29-26-23-20-17-14-11-8-5-2/h22,25,28-39,63H,4-21,23-24,26-27,40-62H2,1-3H3/b25-22-,31-28-,32-29-,33-30-,37-34-,38-35-,39-36-. The lowest BCUT2D eigenvalue weighted by Crippen LogP contribution is -2.30. The largest absolute Gasteiger partial charge is 0.462 e. The number of allylic oxidation sites excluding steroid dienone is 14. The fourth-order valence-corrected chi connectivity index (χ4v) is 8.54. The molecule has 0 bridgehead atoms. The summed E-state index contributed by atoms with van der Waals surface area (Å²) in [6.45, 7) is 6.59. The van der Waals surface area contributed by atoms with Crippen LogP contribution in [0.5, 0.6) is 0 Å². The predicted molar refractivity (Wildman–Crippen MR) is 311 cm³/mol. The van der Waals surface area contributed by atoms with Crippen molar-refractivity contribution in [2.24, 2.45) is 0 Å². The molecular formula is C66H114O6. The first-order valence-electron chi connectivity index (χ1n) is 30.7. The molecule has 0 saturated heterocycles. The van der Waals surface area contributed by atoms with Crippen LogP contribution in [0.25, 0.3) is 0 Å². The van der Waals surface area contributed by atoms with Gasteiger partial charge in [0.1, 0.15) is 13.2 Å². The second kappa shape index (κ2) is 60.1. The van der Waals surface area contributed by atoms with E-state index in [1.807, 2.05) is 0 Å². The predicted octanol–water partition coefficient (Wildman–Crippen LogP) is 20.7. The molecule has 1 unspecified atom stereocenters. The number of hydrogen-bond acceptors (Lipinski definition) is 6. The molecule has 0 aliphatic heterocycles. The number of rotatable bonds is 55. The molecule has 0 aliphatic rings. The summed E-state index contributed by atoms with van der Waals surface area (Å²) in [5.41, 5.74) is 0. The summed E-state index contributed by atoms with van der Waals surface area (Å²) in [6.07, 6.45) is 78.6. The van der Waals surface area contributed by atoms with Crippen LogP contribution in [0.2, 0.25) is 0 Å². The molecule has 0 N–H and O–H groups in total. The maximum atomic E-state index is 12.9. The van der Waals surface area contributed by atoms with Gasteiger partial charge in [-0.05, 0) is 96.3 Å². The smallest absolute Gasteiger partial charge is 0.306 e. The molecule has 0 spiro atoms. The minimum absolute atomic E-state index is 0.0976. The Morgan fingerprint density at radius 2 is 0.500 bits per heavy atom. The van der Waals surface area contributed by atoms with Crippen LogP contribution < -0.4 is 0 Å². The van der Waals surface area contributed by atoms with E-state index in [4.69, 9.17) is 14.2 Å². The van der Waals surface area contributed by atoms with Crippen LogP contribution in [-0.4, -0.2) is 37.2 Å². The molecule has 0 aromatic carbocycles. The van der Waals surface area contributed by atoms with Crippen molar-refractivity contribution in [1.29, 1.82) is 0 Å². The Balaban J connectivity index is 4.48. The van der Waals surface area contributed by atoms with E-state index in [0.717, 1.165) is 122 Å². The van der Waals surface area contributed by atoms with Crippen molar-refractivity contribution >= 4 is 17.9 Å². The van der Waals surface area contributed by atoms with Crippen molar-refractivity contribution < 1.29 is 28.6 Å². The molecule has 0 heterocycles. The van der Waals surface area contributed by atoms with Crippen LogP contribution in [0, 0.1) is 0 Å². The van der Waals surface area contributed by atoms with Crippen molar-refractivity contribution in [3.8, 4) is 0 Å². The van der Waals surface area contributed by atoms with Crippen molar-refractivity contribution in [2.75, 3.05) is 13.2 Å². The second-order valence-corrected chi connectivity index (χ2v) is 20.4. The van der Waals surface area contributed by atoms with Gasteiger partial charge in [0.2, 0.25) is 0 Å². The maximum Gasteiger partial charge on any atom is 0.306 e. The molecule has 0 radical (unpaired) electrons. The summed E-state index contributed by atoms with van der Waals surface area (Å²) in [5.74, 6) is -0.937. The van der Waals surface area contributed by atoms with E-state index in [1.165, 1.54) is 135 Å². The van der Waals surface area contributed by atoms with Gasteiger partial charge in [-0.3, -0.25) is 14.4 Å². The molecule has 0 rings (SSSR count). The van der Waals surface area contributed by atoms with Crippen LogP contribution in [-0.2, 0) is 28.6 Å². The Hall–Kier alpha value is -3.41. The zero-order chi connectivity index (χ0) is 52.2. The Morgan fingerprint density at radius 1 is 0.278 bits per heavy atom. The first kappa shape index (κ1) is 68.6. The van der Waals surface area contributed by atoms with Gasteiger partial charge in [0, 0.05) is 19.3 Å². The van der Waals surface area contributed by atoms with E-state index < -0.39 is 6.10 Å². The minimum Gasteiger partial charge on any atom is -0.462 e. The van der Waals surface area contributed by atoms with Gasteiger partial charge in [-0.2, -0.15) is 0 Å². The molecule has 72 heavy (non-hydrogen) atoms. The molecule has 0 aromatic heterocycles. The van der Waals surface area contributed by atoms with Gasteiger partial charge in [0.15, 0.2) is 6.10 Å². The highest BCUT2D eigenvalue weighted by Crippen LogP contribution is 2.15. The number of carbonyl (C=O) groups is 3.